The highest BCUT2D eigenvalue weighted by Gasteiger charge is 2.45. The van der Waals surface area contributed by atoms with Gasteiger partial charge in [0.2, 0.25) is 11.8 Å². The molecule has 0 saturated carbocycles. The van der Waals surface area contributed by atoms with E-state index in [1.807, 2.05) is 0 Å². The van der Waals surface area contributed by atoms with Crippen LogP contribution in [0.25, 0.3) is 0 Å². The second-order valence-electron chi connectivity index (χ2n) is 7.83. The molecule has 2 fully saturated rings. The summed E-state index contributed by atoms with van der Waals surface area (Å²) in [5.74, 6) is -1.44. The number of amides is 4. The lowest BCUT2D eigenvalue weighted by Gasteiger charge is -2.30. The van der Waals surface area contributed by atoms with Crippen molar-refractivity contribution in [1.29, 1.82) is 0 Å². The molecule has 8 nitrogen and oxygen atoms in total. The molecule has 0 aliphatic carbocycles. The molecule has 2 atom stereocenters. The van der Waals surface area contributed by atoms with E-state index in [1.54, 1.807) is 18.2 Å². The molecular formula is C20H24N4O4. The van der Waals surface area contributed by atoms with Crippen molar-refractivity contribution < 1.29 is 19.2 Å². The molecule has 0 spiro atoms. The Kier molecular flexibility index (Phi) is 4.89. The first kappa shape index (κ1) is 18.6. The zero-order valence-electron chi connectivity index (χ0n) is 15.9. The van der Waals surface area contributed by atoms with Crippen LogP contribution < -0.4 is 10.6 Å². The Morgan fingerprint density at radius 3 is 2.71 bits per heavy atom. The number of fused-ring (bicyclic) bond motifs is 1. The number of nitrogens with zero attached hydrogens (tertiary/aromatic N) is 2. The summed E-state index contributed by atoms with van der Waals surface area (Å²) < 4.78 is 0. The second-order valence-corrected chi connectivity index (χ2v) is 7.83. The van der Waals surface area contributed by atoms with Crippen molar-refractivity contribution in [1.82, 2.24) is 15.1 Å². The lowest BCUT2D eigenvalue weighted by atomic mass is 9.98. The number of likely N-dealkylation sites (tertiary alicyclic amines) is 1. The van der Waals surface area contributed by atoms with Gasteiger partial charge in [0.25, 0.3) is 11.8 Å². The first-order chi connectivity index (χ1) is 13.5. The number of anilines is 1. The number of carbonyl (C=O) groups excluding carboxylic acids is 4. The standard InChI is InChI=1S/C20H24N4O4/c1-23-9-3-4-12(11-23)10-21-14-6-2-5-13-17(14)20(28)24(19(13)27)15-7-8-16(25)22-18(15)26/h2,5-6,12,15,21H,3-4,7-11H2,1H3,(H,22,25,26). The van der Waals surface area contributed by atoms with Gasteiger partial charge >= 0.3 is 0 Å². The van der Waals surface area contributed by atoms with E-state index < -0.39 is 23.8 Å². The molecule has 0 radical (unpaired) electrons. The zero-order chi connectivity index (χ0) is 19.8. The monoisotopic (exact) mass is 384 g/mol. The Morgan fingerprint density at radius 1 is 1.14 bits per heavy atom. The Labute approximate surface area is 163 Å². The van der Waals surface area contributed by atoms with Crippen molar-refractivity contribution in [2.75, 3.05) is 32.0 Å². The van der Waals surface area contributed by atoms with Gasteiger partial charge in [-0.1, -0.05) is 6.07 Å². The third-order valence-corrected chi connectivity index (χ3v) is 5.77. The van der Waals surface area contributed by atoms with E-state index in [2.05, 4.69) is 22.6 Å². The quantitative estimate of drug-likeness (QED) is 0.747. The summed E-state index contributed by atoms with van der Waals surface area (Å²) in [5.41, 5.74) is 1.25. The van der Waals surface area contributed by atoms with Crippen molar-refractivity contribution in [2.24, 2.45) is 5.92 Å². The van der Waals surface area contributed by atoms with Crippen molar-refractivity contribution in [2.45, 2.75) is 31.7 Å². The van der Waals surface area contributed by atoms with E-state index in [-0.39, 0.29) is 18.7 Å². The molecule has 4 amide bonds. The number of carbonyl (C=O) groups is 4. The minimum Gasteiger partial charge on any atom is -0.384 e. The number of imide groups is 2. The first-order valence-corrected chi connectivity index (χ1v) is 9.72. The van der Waals surface area contributed by atoms with Gasteiger partial charge < -0.3 is 10.2 Å². The van der Waals surface area contributed by atoms with Crippen LogP contribution in [0, 0.1) is 5.92 Å². The summed E-state index contributed by atoms with van der Waals surface area (Å²) in [7, 11) is 2.10. The first-order valence-electron chi connectivity index (χ1n) is 9.72. The summed E-state index contributed by atoms with van der Waals surface area (Å²) in [6.45, 7) is 2.82. The molecule has 1 aromatic rings. The van der Waals surface area contributed by atoms with Gasteiger partial charge in [-0.25, -0.2) is 0 Å². The van der Waals surface area contributed by atoms with Crippen LogP contribution >= 0.6 is 0 Å². The van der Waals surface area contributed by atoms with Crippen molar-refractivity contribution in [3.63, 3.8) is 0 Å². The minimum atomic E-state index is -0.940. The maximum absolute atomic E-state index is 13.0. The fourth-order valence-electron chi connectivity index (χ4n) is 4.36. The maximum Gasteiger partial charge on any atom is 0.264 e. The molecule has 0 aromatic heterocycles. The van der Waals surface area contributed by atoms with Crippen LogP contribution in [-0.2, 0) is 9.59 Å². The highest BCUT2D eigenvalue weighted by Crippen LogP contribution is 2.32. The summed E-state index contributed by atoms with van der Waals surface area (Å²) in [6, 6.07) is 4.21. The molecule has 2 N–H and O–H groups in total. The van der Waals surface area contributed by atoms with Gasteiger partial charge in [-0.15, -0.1) is 0 Å². The maximum atomic E-state index is 13.0. The van der Waals surface area contributed by atoms with E-state index in [1.165, 1.54) is 0 Å². The van der Waals surface area contributed by atoms with Gasteiger partial charge in [0.1, 0.15) is 6.04 Å². The SMILES string of the molecule is CN1CCCC(CNc2cccc3c2C(=O)N(C2CCC(=O)NC2=O)C3=O)C1. The highest BCUT2D eigenvalue weighted by molar-refractivity contribution is 6.25. The van der Waals surface area contributed by atoms with E-state index in [0.29, 0.717) is 22.7 Å². The lowest BCUT2D eigenvalue weighted by Crippen LogP contribution is -2.54. The van der Waals surface area contributed by atoms with E-state index in [9.17, 15) is 19.2 Å². The third kappa shape index (κ3) is 3.28. The molecule has 3 heterocycles. The van der Waals surface area contributed by atoms with E-state index in [4.69, 9.17) is 0 Å². The summed E-state index contributed by atoms with van der Waals surface area (Å²) in [6.07, 6.45) is 2.55. The zero-order valence-corrected chi connectivity index (χ0v) is 15.9. The predicted octanol–water partition coefficient (Wildman–Crippen LogP) is 0.841. The number of benzene rings is 1. The normalized spacial score (nSPS) is 25.7. The molecule has 3 aliphatic heterocycles. The molecule has 28 heavy (non-hydrogen) atoms. The lowest BCUT2D eigenvalue weighted by molar-refractivity contribution is -0.136. The molecule has 2 saturated heterocycles. The van der Waals surface area contributed by atoms with Crippen LogP contribution in [0.1, 0.15) is 46.4 Å². The number of rotatable bonds is 4. The molecule has 2 unspecified atom stereocenters. The topological polar surface area (TPSA) is 98.8 Å². The van der Waals surface area contributed by atoms with Crippen LogP contribution in [0.2, 0.25) is 0 Å². The Bertz CT molecular complexity index is 853. The van der Waals surface area contributed by atoms with Gasteiger partial charge in [0.05, 0.1) is 11.1 Å². The van der Waals surface area contributed by atoms with Crippen LogP contribution in [0.4, 0.5) is 5.69 Å². The van der Waals surface area contributed by atoms with Crippen molar-refractivity contribution in [3.05, 3.63) is 29.3 Å². The van der Waals surface area contributed by atoms with Crippen LogP contribution in [0.15, 0.2) is 18.2 Å². The molecular weight excluding hydrogens is 360 g/mol. The summed E-state index contributed by atoms with van der Waals surface area (Å²) >= 11 is 0. The van der Waals surface area contributed by atoms with Crippen molar-refractivity contribution >= 4 is 29.3 Å². The average molecular weight is 384 g/mol. The molecule has 0 bridgehead atoms. The Morgan fingerprint density at radius 2 is 1.96 bits per heavy atom. The van der Waals surface area contributed by atoms with Gasteiger partial charge in [0, 0.05) is 25.2 Å². The fourth-order valence-corrected chi connectivity index (χ4v) is 4.36. The van der Waals surface area contributed by atoms with Crippen molar-refractivity contribution in [3.8, 4) is 0 Å². The summed E-state index contributed by atoms with van der Waals surface area (Å²) in [5, 5.41) is 5.56. The molecule has 1 aromatic carbocycles. The van der Waals surface area contributed by atoms with Gasteiger partial charge in [-0.2, -0.15) is 0 Å². The molecule has 8 heteroatoms. The minimum absolute atomic E-state index is 0.115. The van der Waals surface area contributed by atoms with Crippen LogP contribution in [0.3, 0.4) is 0 Å². The smallest absolute Gasteiger partial charge is 0.264 e. The van der Waals surface area contributed by atoms with E-state index in [0.717, 1.165) is 37.4 Å². The average Bonchev–Trinajstić information content (AvgIpc) is 2.92. The molecule has 3 aliphatic rings. The number of piperidine rings is 2. The largest absolute Gasteiger partial charge is 0.384 e. The fraction of sp³-hybridized carbons (Fsp3) is 0.500. The summed E-state index contributed by atoms with van der Waals surface area (Å²) in [4.78, 5) is 52.8. The van der Waals surface area contributed by atoms with Crippen LogP contribution in [-0.4, -0.2) is 66.2 Å². The number of hydrogen-bond donors (Lipinski definition) is 2. The third-order valence-electron chi connectivity index (χ3n) is 5.77. The van der Waals surface area contributed by atoms with Gasteiger partial charge in [-0.05, 0) is 50.9 Å². The molecule has 4 rings (SSSR count). The Balaban J connectivity index is 1.54. The second kappa shape index (κ2) is 7.35. The van der Waals surface area contributed by atoms with Gasteiger partial charge in [0.15, 0.2) is 0 Å². The van der Waals surface area contributed by atoms with Gasteiger partial charge in [-0.3, -0.25) is 29.4 Å². The van der Waals surface area contributed by atoms with Crippen LogP contribution in [0.5, 0.6) is 0 Å². The Hall–Kier alpha value is -2.74. The number of nitrogens with one attached hydrogen (secondary N) is 2. The predicted molar refractivity (Wildman–Crippen MR) is 102 cm³/mol. The number of hydrogen-bond acceptors (Lipinski definition) is 6. The van der Waals surface area contributed by atoms with E-state index >= 15 is 0 Å². The highest BCUT2D eigenvalue weighted by atomic mass is 16.2. The molecule has 148 valence electrons.